The lowest BCUT2D eigenvalue weighted by Crippen LogP contribution is -2.08. The summed E-state index contributed by atoms with van der Waals surface area (Å²) in [5.41, 5.74) is 7.63. The molecule has 1 aromatic heterocycles. The highest BCUT2D eigenvalue weighted by atomic mass is 16.5. The van der Waals surface area contributed by atoms with Gasteiger partial charge in [-0.3, -0.25) is 0 Å². The highest BCUT2D eigenvalue weighted by molar-refractivity contribution is 5.39. The molecule has 3 N–H and O–H groups in total. The van der Waals surface area contributed by atoms with Gasteiger partial charge < -0.3 is 15.8 Å². The lowest BCUT2D eigenvalue weighted by atomic mass is 10.1. The van der Waals surface area contributed by atoms with Crippen molar-refractivity contribution in [3.05, 3.63) is 42.1 Å². The fourth-order valence-corrected chi connectivity index (χ4v) is 1.54. The van der Waals surface area contributed by atoms with Crippen LogP contribution in [0.5, 0.6) is 5.88 Å². The number of hydrogen-bond acceptors (Lipinski definition) is 5. The molecule has 0 atom stereocenters. The topological polar surface area (TPSA) is 73.1 Å². The number of ether oxygens (including phenoxy) is 1. The second kappa shape index (κ2) is 5.86. The molecule has 0 bridgehead atoms. The minimum atomic E-state index is 0.556. The van der Waals surface area contributed by atoms with E-state index in [0.29, 0.717) is 11.8 Å². The number of methoxy groups -OCH3 is 1. The van der Waals surface area contributed by atoms with Crippen molar-refractivity contribution in [3.63, 3.8) is 0 Å². The highest BCUT2D eigenvalue weighted by Gasteiger charge is 1.98. The third-order valence-electron chi connectivity index (χ3n) is 2.52. The van der Waals surface area contributed by atoms with Crippen molar-refractivity contribution in [1.82, 2.24) is 9.97 Å². The Morgan fingerprint density at radius 3 is 2.72 bits per heavy atom. The Morgan fingerprint density at radius 2 is 2.00 bits per heavy atom. The van der Waals surface area contributed by atoms with Gasteiger partial charge in [0.25, 0.3) is 0 Å². The number of aromatic nitrogens is 2. The third kappa shape index (κ3) is 3.35. The molecular weight excluding hydrogens is 228 g/mol. The van der Waals surface area contributed by atoms with E-state index in [9.17, 15) is 0 Å². The van der Waals surface area contributed by atoms with E-state index in [1.54, 1.807) is 19.4 Å². The van der Waals surface area contributed by atoms with E-state index in [4.69, 9.17) is 10.5 Å². The zero-order chi connectivity index (χ0) is 12.8. The number of hydrogen-bond donors (Lipinski definition) is 2. The Balaban J connectivity index is 1.86. The molecule has 0 spiro atoms. The standard InChI is InChI=1S/C13H16N4O/c1-18-12-7-9-16-13(17-12)15-8-6-10-2-4-11(14)5-3-10/h2-5,7,9H,6,8,14H2,1H3,(H,15,16,17). The number of nitrogen functional groups attached to an aromatic ring is 1. The zero-order valence-electron chi connectivity index (χ0n) is 10.3. The van der Waals surface area contributed by atoms with E-state index in [0.717, 1.165) is 18.7 Å². The Kier molecular flexibility index (Phi) is 3.96. The maximum Gasteiger partial charge on any atom is 0.225 e. The lowest BCUT2D eigenvalue weighted by Gasteiger charge is -2.06. The summed E-state index contributed by atoms with van der Waals surface area (Å²) in [6.45, 7) is 0.761. The third-order valence-corrected chi connectivity index (χ3v) is 2.52. The first-order chi connectivity index (χ1) is 8.78. The summed E-state index contributed by atoms with van der Waals surface area (Å²) in [7, 11) is 1.58. The van der Waals surface area contributed by atoms with Crippen LogP contribution in [0.15, 0.2) is 36.5 Å². The van der Waals surface area contributed by atoms with E-state index in [-0.39, 0.29) is 0 Å². The summed E-state index contributed by atoms with van der Waals surface area (Å²) in [6.07, 6.45) is 2.55. The SMILES string of the molecule is COc1ccnc(NCCc2ccc(N)cc2)n1. The molecule has 94 valence electrons. The molecule has 2 rings (SSSR count). The molecule has 1 heterocycles. The molecule has 0 saturated heterocycles. The number of rotatable bonds is 5. The van der Waals surface area contributed by atoms with E-state index < -0.39 is 0 Å². The minimum Gasteiger partial charge on any atom is -0.481 e. The number of anilines is 2. The number of benzene rings is 1. The second-order valence-corrected chi connectivity index (χ2v) is 3.84. The van der Waals surface area contributed by atoms with Crippen LogP contribution < -0.4 is 15.8 Å². The van der Waals surface area contributed by atoms with Gasteiger partial charge in [-0.1, -0.05) is 12.1 Å². The van der Waals surface area contributed by atoms with E-state index in [1.807, 2.05) is 24.3 Å². The van der Waals surface area contributed by atoms with Crippen molar-refractivity contribution in [3.8, 4) is 5.88 Å². The van der Waals surface area contributed by atoms with Crippen molar-refractivity contribution in [2.75, 3.05) is 24.7 Å². The van der Waals surface area contributed by atoms with Crippen molar-refractivity contribution < 1.29 is 4.74 Å². The monoisotopic (exact) mass is 244 g/mol. The van der Waals surface area contributed by atoms with Crippen LogP contribution in [0.1, 0.15) is 5.56 Å². The Morgan fingerprint density at radius 1 is 1.22 bits per heavy atom. The number of nitrogens with two attached hydrogens (primary N) is 1. The van der Waals surface area contributed by atoms with Gasteiger partial charge in [-0.05, 0) is 24.1 Å². The summed E-state index contributed by atoms with van der Waals surface area (Å²) in [4.78, 5) is 8.28. The van der Waals surface area contributed by atoms with Crippen LogP contribution in [0.2, 0.25) is 0 Å². The average molecular weight is 244 g/mol. The fraction of sp³-hybridized carbons (Fsp3) is 0.231. The van der Waals surface area contributed by atoms with Crippen LogP contribution in [0.4, 0.5) is 11.6 Å². The molecule has 0 aliphatic heterocycles. The fourth-order valence-electron chi connectivity index (χ4n) is 1.54. The first-order valence-corrected chi connectivity index (χ1v) is 5.73. The average Bonchev–Trinajstić information content (AvgIpc) is 2.41. The molecule has 0 saturated carbocycles. The van der Waals surface area contributed by atoms with Gasteiger partial charge in [-0.2, -0.15) is 4.98 Å². The normalized spacial score (nSPS) is 10.1. The van der Waals surface area contributed by atoms with Gasteiger partial charge in [0, 0.05) is 24.5 Å². The predicted octanol–water partition coefficient (Wildman–Crippen LogP) is 1.72. The molecular formula is C13H16N4O. The molecule has 5 heteroatoms. The molecule has 0 aliphatic rings. The maximum absolute atomic E-state index is 5.63. The van der Waals surface area contributed by atoms with E-state index in [1.165, 1.54) is 5.56 Å². The van der Waals surface area contributed by atoms with Crippen LogP contribution in [0, 0.1) is 0 Å². The smallest absolute Gasteiger partial charge is 0.225 e. The Hall–Kier alpha value is -2.30. The largest absolute Gasteiger partial charge is 0.481 e. The van der Waals surface area contributed by atoms with Crippen molar-refractivity contribution in [2.24, 2.45) is 0 Å². The van der Waals surface area contributed by atoms with Crippen molar-refractivity contribution >= 4 is 11.6 Å². The molecule has 0 unspecified atom stereocenters. The molecule has 1 aromatic carbocycles. The summed E-state index contributed by atoms with van der Waals surface area (Å²) in [6, 6.07) is 9.55. The predicted molar refractivity (Wildman–Crippen MR) is 71.6 cm³/mol. The van der Waals surface area contributed by atoms with Crippen LogP contribution in [-0.2, 0) is 6.42 Å². The summed E-state index contributed by atoms with van der Waals surface area (Å²) >= 11 is 0. The van der Waals surface area contributed by atoms with Gasteiger partial charge in [0.2, 0.25) is 11.8 Å². The summed E-state index contributed by atoms with van der Waals surface area (Å²) in [5.74, 6) is 1.13. The second-order valence-electron chi connectivity index (χ2n) is 3.84. The van der Waals surface area contributed by atoms with Crippen LogP contribution in [0.3, 0.4) is 0 Å². The van der Waals surface area contributed by atoms with Gasteiger partial charge >= 0.3 is 0 Å². The first-order valence-electron chi connectivity index (χ1n) is 5.73. The summed E-state index contributed by atoms with van der Waals surface area (Å²) in [5, 5.41) is 3.15. The zero-order valence-corrected chi connectivity index (χ0v) is 10.3. The Bertz CT molecular complexity index is 499. The lowest BCUT2D eigenvalue weighted by molar-refractivity contribution is 0.397. The Labute approximate surface area is 106 Å². The van der Waals surface area contributed by atoms with Crippen LogP contribution in [0.25, 0.3) is 0 Å². The number of nitrogens with one attached hydrogen (secondary N) is 1. The van der Waals surface area contributed by atoms with Gasteiger partial charge in [0.15, 0.2) is 0 Å². The van der Waals surface area contributed by atoms with Crippen LogP contribution in [-0.4, -0.2) is 23.6 Å². The number of nitrogens with zero attached hydrogens (tertiary/aromatic N) is 2. The molecule has 2 aromatic rings. The molecule has 0 fully saturated rings. The molecule has 0 aliphatic carbocycles. The van der Waals surface area contributed by atoms with Gasteiger partial charge in [-0.15, -0.1) is 0 Å². The van der Waals surface area contributed by atoms with E-state index in [2.05, 4.69) is 15.3 Å². The van der Waals surface area contributed by atoms with E-state index >= 15 is 0 Å². The van der Waals surface area contributed by atoms with Gasteiger partial charge in [0.1, 0.15) is 0 Å². The van der Waals surface area contributed by atoms with Crippen molar-refractivity contribution in [2.45, 2.75) is 6.42 Å². The molecule has 5 nitrogen and oxygen atoms in total. The van der Waals surface area contributed by atoms with Crippen molar-refractivity contribution in [1.29, 1.82) is 0 Å². The highest BCUT2D eigenvalue weighted by Crippen LogP contribution is 2.08. The molecule has 18 heavy (non-hydrogen) atoms. The maximum atomic E-state index is 5.63. The quantitative estimate of drug-likeness (QED) is 0.783. The van der Waals surface area contributed by atoms with Gasteiger partial charge in [0.05, 0.1) is 7.11 Å². The molecule has 0 radical (unpaired) electrons. The minimum absolute atomic E-state index is 0.556. The molecule has 0 amide bonds. The van der Waals surface area contributed by atoms with Gasteiger partial charge in [-0.25, -0.2) is 4.98 Å². The summed E-state index contributed by atoms with van der Waals surface area (Å²) < 4.78 is 5.03. The van der Waals surface area contributed by atoms with Crippen LogP contribution >= 0.6 is 0 Å². The first kappa shape index (κ1) is 12.2.